The molecule has 1 saturated heterocycles. The van der Waals surface area contributed by atoms with Gasteiger partial charge in [-0.05, 0) is 32.0 Å². The Balaban J connectivity index is 2.23. The average Bonchev–Trinajstić information content (AvgIpc) is 2.85. The highest BCUT2D eigenvalue weighted by molar-refractivity contribution is 7.89. The summed E-state index contributed by atoms with van der Waals surface area (Å²) in [4.78, 5) is 0. The summed E-state index contributed by atoms with van der Waals surface area (Å²) in [6, 6.07) is 1.59. The molecule has 1 aromatic heterocycles. The number of H-pyrrole nitrogens is 1. The van der Waals surface area contributed by atoms with Gasteiger partial charge in [0.05, 0.1) is 6.20 Å². The molecule has 7 heteroatoms. The minimum absolute atomic E-state index is 0.0922. The first-order valence-electron chi connectivity index (χ1n) is 5.88. The van der Waals surface area contributed by atoms with Crippen LogP contribution < -0.4 is 5.32 Å². The van der Waals surface area contributed by atoms with Crippen LogP contribution in [0.3, 0.4) is 0 Å². The number of rotatable bonds is 4. The highest BCUT2D eigenvalue weighted by atomic mass is 32.2. The van der Waals surface area contributed by atoms with E-state index in [4.69, 9.17) is 0 Å². The second-order valence-corrected chi connectivity index (χ2v) is 5.97. The summed E-state index contributed by atoms with van der Waals surface area (Å²) in [7, 11) is -3.42. The molecule has 0 amide bonds. The maximum absolute atomic E-state index is 12.4. The molecule has 0 saturated carbocycles. The van der Waals surface area contributed by atoms with E-state index in [9.17, 15) is 8.42 Å². The fraction of sp³-hybridized carbons (Fsp3) is 0.700. The second-order valence-electron chi connectivity index (χ2n) is 4.11. The molecule has 0 spiro atoms. The van der Waals surface area contributed by atoms with E-state index >= 15 is 0 Å². The lowest BCUT2D eigenvalue weighted by Gasteiger charge is -2.32. The Hall–Kier alpha value is -0.920. The van der Waals surface area contributed by atoms with Gasteiger partial charge >= 0.3 is 0 Å². The molecule has 0 radical (unpaired) electrons. The highest BCUT2D eigenvalue weighted by Gasteiger charge is 2.31. The van der Waals surface area contributed by atoms with Crippen LogP contribution in [0.4, 0.5) is 0 Å². The van der Waals surface area contributed by atoms with Crippen molar-refractivity contribution < 1.29 is 8.42 Å². The van der Waals surface area contributed by atoms with E-state index in [0.717, 1.165) is 25.9 Å². The van der Waals surface area contributed by atoms with Gasteiger partial charge in [0.1, 0.15) is 0 Å². The molecule has 0 aromatic carbocycles. The summed E-state index contributed by atoms with van der Waals surface area (Å²) in [6.45, 7) is 4.11. The lowest BCUT2D eigenvalue weighted by atomic mass is 10.1. The quantitative estimate of drug-likeness (QED) is 0.807. The fourth-order valence-corrected chi connectivity index (χ4v) is 3.83. The van der Waals surface area contributed by atoms with Crippen LogP contribution in [0.25, 0.3) is 0 Å². The van der Waals surface area contributed by atoms with Crippen LogP contribution in [0, 0.1) is 0 Å². The SMILES string of the molecule is CCN(C1CCNCC1)S(=O)(=O)c1ccn[nH]1. The normalized spacial score (nSPS) is 18.7. The lowest BCUT2D eigenvalue weighted by Crippen LogP contribution is -2.46. The first-order chi connectivity index (χ1) is 8.16. The maximum Gasteiger partial charge on any atom is 0.260 e. The summed E-state index contributed by atoms with van der Waals surface area (Å²) in [5.41, 5.74) is 0. The number of sulfonamides is 1. The molecule has 6 nitrogen and oxygen atoms in total. The molecular formula is C10H18N4O2S. The van der Waals surface area contributed by atoms with Gasteiger partial charge in [-0.15, -0.1) is 0 Å². The van der Waals surface area contributed by atoms with Crippen LogP contribution in [0.1, 0.15) is 19.8 Å². The van der Waals surface area contributed by atoms with Gasteiger partial charge in [-0.25, -0.2) is 8.42 Å². The monoisotopic (exact) mass is 258 g/mol. The Morgan fingerprint density at radius 2 is 2.18 bits per heavy atom. The van der Waals surface area contributed by atoms with Crippen molar-refractivity contribution in [2.24, 2.45) is 0 Å². The van der Waals surface area contributed by atoms with Crippen molar-refractivity contribution in [1.82, 2.24) is 19.8 Å². The highest BCUT2D eigenvalue weighted by Crippen LogP contribution is 2.20. The molecule has 0 aliphatic carbocycles. The van der Waals surface area contributed by atoms with Gasteiger partial charge in [0, 0.05) is 12.6 Å². The van der Waals surface area contributed by atoms with Gasteiger partial charge < -0.3 is 5.32 Å². The van der Waals surface area contributed by atoms with Gasteiger partial charge in [0.25, 0.3) is 10.0 Å². The third-order valence-electron chi connectivity index (χ3n) is 3.09. The third kappa shape index (κ3) is 2.51. The zero-order valence-corrected chi connectivity index (χ0v) is 10.7. The molecule has 1 aromatic rings. The first kappa shape index (κ1) is 12.5. The van der Waals surface area contributed by atoms with Gasteiger partial charge in [-0.3, -0.25) is 5.10 Å². The van der Waals surface area contributed by atoms with Crippen LogP contribution in [0.2, 0.25) is 0 Å². The number of hydrogen-bond donors (Lipinski definition) is 2. The molecule has 96 valence electrons. The Morgan fingerprint density at radius 3 is 2.71 bits per heavy atom. The Kier molecular flexibility index (Phi) is 3.80. The number of aromatic nitrogens is 2. The van der Waals surface area contributed by atoms with Crippen molar-refractivity contribution >= 4 is 10.0 Å². The van der Waals surface area contributed by atoms with Crippen LogP contribution in [0.15, 0.2) is 17.3 Å². The smallest absolute Gasteiger partial charge is 0.260 e. The number of nitrogens with zero attached hydrogens (tertiary/aromatic N) is 2. The molecule has 2 N–H and O–H groups in total. The molecule has 1 aliphatic heterocycles. The maximum atomic E-state index is 12.4. The van der Waals surface area contributed by atoms with E-state index in [2.05, 4.69) is 15.5 Å². The van der Waals surface area contributed by atoms with Crippen molar-refractivity contribution in [2.45, 2.75) is 30.8 Å². The van der Waals surface area contributed by atoms with Crippen molar-refractivity contribution in [3.63, 3.8) is 0 Å². The first-order valence-corrected chi connectivity index (χ1v) is 7.32. The second kappa shape index (κ2) is 5.16. The summed E-state index contributed by atoms with van der Waals surface area (Å²) >= 11 is 0. The standard InChI is InChI=1S/C10H18N4O2S/c1-2-14(9-3-6-11-7-4-9)17(15,16)10-5-8-12-13-10/h5,8-9,11H,2-4,6-7H2,1H3,(H,12,13). The van der Waals surface area contributed by atoms with E-state index in [-0.39, 0.29) is 11.1 Å². The zero-order valence-electron chi connectivity index (χ0n) is 9.89. The van der Waals surface area contributed by atoms with Crippen LogP contribution in [-0.4, -0.2) is 48.6 Å². The number of hydrogen-bond acceptors (Lipinski definition) is 4. The number of piperidine rings is 1. The fourth-order valence-electron chi connectivity index (χ4n) is 2.23. The van der Waals surface area contributed by atoms with Gasteiger partial charge in [-0.2, -0.15) is 9.40 Å². The number of aromatic amines is 1. The van der Waals surface area contributed by atoms with Crippen molar-refractivity contribution in [1.29, 1.82) is 0 Å². The van der Waals surface area contributed by atoms with Crippen LogP contribution in [0.5, 0.6) is 0 Å². The molecule has 17 heavy (non-hydrogen) atoms. The molecule has 2 rings (SSSR count). The zero-order chi connectivity index (χ0) is 12.3. The summed E-state index contributed by atoms with van der Waals surface area (Å²) in [5.74, 6) is 0. The van der Waals surface area contributed by atoms with Gasteiger partial charge in [0.15, 0.2) is 5.03 Å². The van der Waals surface area contributed by atoms with Crippen LogP contribution in [-0.2, 0) is 10.0 Å². The van der Waals surface area contributed by atoms with E-state index < -0.39 is 10.0 Å². The Labute approximate surface area is 101 Å². The molecule has 1 fully saturated rings. The lowest BCUT2D eigenvalue weighted by molar-refractivity contribution is 0.270. The minimum atomic E-state index is -3.42. The predicted molar refractivity (Wildman–Crippen MR) is 64.0 cm³/mol. The molecule has 1 aliphatic rings. The molecule has 0 bridgehead atoms. The molecule has 0 atom stereocenters. The van der Waals surface area contributed by atoms with Gasteiger partial charge in [-0.1, -0.05) is 6.92 Å². The van der Waals surface area contributed by atoms with Crippen molar-refractivity contribution in [3.05, 3.63) is 12.3 Å². The van der Waals surface area contributed by atoms with Crippen molar-refractivity contribution in [2.75, 3.05) is 19.6 Å². The van der Waals surface area contributed by atoms with E-state index in [1.54, 1.807) is 4.31 Å². The average molecular weight is 258 g/mol. The molecule has 2 heterocycles. The van der Waals surface area contributed by atoms with E-state index in [1.165, 1.54) is 12.3 Å². The van der Waals surface area contributed by atoms with Gasteiger partial charge in [0.2, 0.25) is 0 Å². The summed E-state index contributed by atoms with van der Waals surface area (Å²) in [5, 5.41) is 9.66. The Bertz CT molecular complexity index is 437. The number of nitrogens with one attached hydrogen (secondary N) is 2. The van der Waals surface area contributed by atoms with E-state index in [1.807, 2.05) is 6.92 Å². The molecule has 0 unspecified atom stereocenters. The Morgan fingerprint density at radius 1 is 1.47 bits per heavy atom. The predicted octanol–water partition coefficient (Wildman–Crippen LogP) is 0.172. The summed E-state index contributed by atoms with van der Waals surface area (Å²) < 4.78 is 26.3. The third-order valence-corrected chi connectivity index (χ3v) is 5.05. The summed E-state index contributed by atoms with van der Waals surface area (Å²) in [6.07, 6.45) is 3.19. The topological polar surface area (TPSA) is 78.1 Å². The van der Waals surface area contributed by atoms with Crippen LogP contribution >= 0.6 is 0 Å². The van der Waals surface area contributed by atoms with Crippen molar-refractivity contribution in [3.8, 4) is 0 Å². The molecular weight excluding hydrogens is 240 g/mol. The van der Waals surface area contributed by atoms with E-state index in [0.29, 0.717) is 6.54 Å². The minimum Gasteiger partial charge on any atom is -0.317 e. The largest absolute Gasteiger partial charge is 0.317 e.